The van der Waals surface area contributed by atoms with Crippen LogP contribution in [0.4, 0.5) is 0 Å². The predicted molar refractivity (Wildman–Crippen MR) is 89.4 cm³/mol. The van der Waals surface area contributed by atoms with Crippen LogP contribution < -0.4 is 10.1 Å². The molecule has 1 N–H and O–H groups in total. The number of hydrogen-bond donors (Lipinski definition) is 1. The molecule has 0 saturated carbocycles. The summed E-state index contributed by atoms with van der Waals surface area (Å²) in [6.45, 7) is 0.347. The molecule has 0 aliphatic carbocycles. The highest BCUT2D eigenvalue weighted by atomic mass is 79.9. The molecule has 0 unspecified atom stereocenters. The first-order valence-corrected chi connectivity index (χ1v) is 7.82. The van der Waals surface area contributed by atoms with Gasteiger partial charge in [0.25, 0.3) is 5.91 Å². The van der Waals surface area contributed by atoms with E-state index in [4.69, 9.17) is 9.47 Å². The molecule has 0 fully saturated rings. The van der Waals surface area contributed by atoms with Crippen LogP contribution in [0.1, 0.15) is 10.4 Å². The Balaban J connectivity index is 1.65. The monoisotopic (exact) mass is 377 g/mol. The molecule has 0 spiro atoms. The van der Waals surface area contributed by atoms with Crippen LogP contribution in [0.3, 0.4) is 0 Å². The first-order chi connectivity index (χ1) is 11.2. The zero-order valence-corrected chi connectivity index (χ0v) is 13.9. The summed E-state index contributed by atoms with van der Waals surface area (Å²) in [5, 5.41) is 2.62. The quantitative estimate of drug-likeness (QED) is 0.595. The highest BCUT2D eigenvalue weighted by Gasteiger charge is 2.12. The summed E-state index contributed by atoms with van der Waals surface area (Å²) in [4.78, 5) is 23.4. The maximum absolute atomic E-state index is 11.8. The lowest BCUT2D eigenvalue weighted by Gasteiger charge is -2.08. The van der Waals surface area contributed by atoms with Gasteiger partial charge >= 0.3 is 5.97 Å². The van der Waals surface area contributed by atoms with E-state index in [9.17, 15) is 9.59 Å². The molecule has 2 aromatic carbocycles. The Morgan fingerprint density at radius 2 is 1.70 bits per heavy atom. The number of nitrogens with one attached hydrogen (secondary N) is 1. The molecule has 2 aromatic rings. The van der Waals surface area contributed by atoms with Crippen molar-refractivity contribution in [1.82, 2.24) is 5.32 Å². The Labute approximate surface area is 142 Å². The summed E-state index contributed by atoms with van der Waals surface area (Å²) in [5.41, 5.74) is 0.382. The summed E-state index contributed by atoms with van der Waals surface area (Å²) in [7, 11) is 0. The zero-order valence-electron chi connectivity index (χ0n) is 12.3. The molecule has 0 aliphatic rings. The van der Waals surface area contributed by atoms with Gasteiger partial charge in [-0.3, -0.25) is 4.79 Å². The normalized spacial score (nSPS) is 9.96. The van der Waals surface area contributed by atoms with Crippen molar-refractivity contribution in [2.75, 3.05) is 19.8 Å². The van der Waals surface area contributed by atoms with E-state index in [0.29, 0.717) is 23.2 Å². The second-order valence-corrected chi connectivity index (χ2v) is 5.42. The molecule has 1 amide bonds. The molecule has 0 aliphatic heterocycles. The van der Waals surface area contributed by atoms with Crippen LogP contribution in [-0.4, -0.2) is 31.6 Å². The first-order valence-electron chi connectivity index (χ1n) is 7.03. The van der Waals surface area contributed by atoms with E-state index >= 15 is 0 Å². The van der Waals surface area contributed by atoms with E-state index in [0.717, 1.165) is 5.75 Å². The molecular formula is C17H16BrNO4. The molecule has 6 heteroatoms. The number of halogens is 1. The lowest BCUT2D eigenvalue weighted by molar-refractivity contribution is -0.124. The van der Waals surface area contributed by atoms with E-state index < -0.39 is 5.97 Å². The van der Waals surface area contributed by atoms with Gasteiger partial charge in [-0.25, -0.2) is 4.79 Å². The summed E-state index contributed by atoms with van der Waals surface area (Å²) < 4.78 is 11.0. The van der Waals surface area contributed by atoms with Crippen LogP contribution in [-0.2, 0) is 9.53 Å². The van der Waals surface area contributed by atoms with Crippen molar-refractivity contribution < 1.29 is 19.1 Å². The lowest BCUT2D eigenvalue weighted by Crippen LogP contribution is -2.32. The molecule has 0 atom stereocenters. The average Bonchev–Trinajstić information content (AvgIpc) is 2.58. The summed E-state index contributed by atoms with van der Waals surface area (Å²) in [5.74, 6) is -0.183. The maximum Gasteiger partial charge on any atom is 0.339 e. The standard InChI is InChI=1S/C17H16BrNO4/c18-15-9-5-4-8-14(15)17(21)23-12-16(20)19-10-11-22-13-6-2-1-3-7-13/h1-9H,10-12H2,(H,19,20). The number of hydrogen-bond acceptors (Lipinski definition) is 4. The second-order valence-electron chi connectivity index (χ2n) is 4.57. The fraction of sp³-hybridized carbons (Fsp3) is 0.176. The smallest absolute Gasteiger partial charge is 0.339 e. The summed E-state index contributed by atoms with van der Waals surface area (Å²) in [6, 6.07) is 16.2. The molecule has 23 heavy (non-hydrogen) atoms. The Hall–Kier alpha value is -2.34. The van der Waals surface area contributed by atoms with E-state index in [1.54, 1.807) is 24.3 Å². The van der Waals surface area contributed by atoms with E-state index in [2.05, 4.69) is 21.2 Å². The molecular weight excluding hydrogens is 362 g/mol. The number of esters is 1. The SMILES string of the molecule is O=C(COC(=O)c1ccccc1Br)NCCOc1ccccc1. The number of carbonyl (C=O) groups is 2. The number of carbonyl (C=O) groups excluding carboxylic acids is 2. The predicted octanol–water partition coefficient (Wildman–Crippen LogP) is 2.80. The third-order valence-electron chi connectivity index (χ3n) is 2.86. The van der Waals surface area contributed by atoms with Crippen LogP contribution >= 0.6 is 15.9 Å². The molecule has 0 heterocycles. The van der Waals surface area contributed by atoms with Gasteiger partial charge in [-0.05, 0) is 40.2 Å². The van der Waals surface area contributed by atoms with Gasteiger partial charge in [-0.1, -0.05) is 30.3 Å². The van der Waals surface area contributed by atoms with Gasteiger partial charge in [0.05, 0.1) is 12.1 Å². The van der Waals surface area contributed by atoms with Gasteiger partial charge in [0.2, 0.25) is 0 Å². The van der Waals surface area contributed by atoms with Crippen molar-refractivity contribution >= 4 is 27.8 Å². The Morgan fingerprint density at radius 3 is 2.43 bits per heavy atom. The highest BCUT2D eigenvalue weighted by molar-refractivity contribution is 9.10. The van der Waals surface area contributed by atoms with Crippen LogP contribution in [0.5, 0.6) is 5.75 Å². The molecule has 2 rings (SSSR count). The van der Waals surface area contributed by atoms with Crippen molar-refractivity contribution in [1.29, 1.82) is 0 Å². The van der Waals surface area contributed by atoms with Gasteiger partial charge in [0.1, 0.15) is 12.4 Å². The zero-order chi connectivity index (χ0) is 16.5. The van der Waals surface area contributed by atoms with Crippen molar-refractivity contribution in [3.8, 4) is 5.75 Å². The van der Waals surface area contributed by atoms with Crippen molar-refractivity contribution in [3.05, 3.63) is 64.6 Å². The van der Waals surface area contributed by atoms with Crippen LogP contribution in [0.25, 0.3) is 0 Å². The van der Waals surface area contributed by atoms with Crippen molar-refractivity contribution in [2.24, 2.45) is 0 Å². The molecule has 0 radical (unpaired) electrons. The largest absolute Gasteiger partial charge is 0.492 e. The fourth-order valence-electron chi connectivity index (χ4n) is 1.76. The number of ether oxygens (including phenoxy) is 2. The van der Waals surface area contributed by atoms with Crippen molar-refractivity contribution in [3.63, 3.8) is 0 Å². The van der Waals surface area contributed by atoms with Crippen LogP contribution in [0.2, 0.25) is 0 Å². The van der Waals surface area contributed by atoms with Gasteiger partial charge in [0.15, 0.2) is 6.61 Å². The van der Waals surface area contributed by atoms with Crippen LogP contribution in [0, 0.1) is 0 Å². The minimum atomic E-state index is -0.548. The third-order valence-corrected chi connectivity index (χ3v) is 3.56. The Morgan fingerprint density at radius 1 is 1.00 bits per heavy atom. The Bertz CT molecular complexity index is 661. The first kappa shape index (κ1) is 17.0. The summed E-state index contributed by atoms with van der Waals surface area (Å²) >= 11 is 3.26. The van der Waals surface area contributed by atoms with E-state index in [-0.39, 0.29) is 12.5 Å². The maximum atomic E-state index is 11.8. The van der Waals surface area contributed by atoms with E-state index in [1.165, 1.54) is 0 Å². The van der Waals surface area contributed by atoms with Gasteiger partial charge in [-0.2, -0.15) is 0 Å². The molecule has 0 aromatic heterocycles. The van der Waals surface area contributed by atoms with Crippen LogP contribution in [0.15, 0.2) is 59.1 Å². The number of benzene rings is 2. The molecule has 120 valence electrons. The van der Waals surface area contributed by atoms with Gasteiger partial charge in [0, 0.05) is 4.47 Å². The molecule has 0 saturated heterocycles. The highest BCUT2D eigenvalue weighted by Crippen LogP contribution is 2.16. The molecule has 0 bridgehead atoms. The second kappa shape index (κ2) is 8.95. The van der Waals surface area contributed by atoms with Gasteiger partial charge < -0.3 is 14.8 Å². The summed E-state index contributed by atoms with van der Waals surface area (Å²) in [6.07, 6.45) is 0. The Kier molecular flexibility index (Phi) is 6.62. The fourth-order valence-corrected chi connectivity index (χ4v) is 2.21. The van der Waals surface area contributed by atoms with E-state index in [1.807, 2.05) is 30.3 Å². The van der Waals surface area contributed by atoms with Gasteiger partial charge in [-0.15, -0.1) is 0 Å². The number of rotatable bonds is 7. The average molecular weight is 378 g/mol. The lowest BCUT2D eigenvalue weighted by atomic mass is 10.2. The topological polar surface area (TPSA) is 64.6 Å². The minimum Gasteiger partial charge on any atom is -0.492 e. The number of amides is 1. The number of para-hydroxylation sites is 1. The minimum absolute atomic E-state index is 0.328. The third kappa shape index (κ3) is 5.75. The molecule has 5 nitrogen and oxygen atoms in total. The van der Waals surface area contributed by atoms with Crippen molar-refractivity contribution in [2.45, 2.75) is 0 Å².